The van der Waals surface area contributed by atoms with E-state index in [9.17, 15) is 4.79 Å². The Balaban J connectivity index is 1.83. The van der Waals surface area contributed by atoms with Gasteiger partial charge in [0, 0.05) is 0 Å². The summed E-state index contributed by atoms with van der Waals surface area (Å²) >= 11 is 0. The first-order valence-corrected chi connectivity index (χ1v) is 5.51. The van der Waals surface area contributed by atoms with Crippen molar-refractivity contribution in [1.82, 2.24) is 5.43 Å². The fraction of sp³-hybridized carbons (Fsp3) is 0.154. The maximum Gasteiger partial charge on any atom is 0.251 e. The van der Waals surface area contributed by atoms with E-state index >= 15 is 0 Å². The van der Waals surface area contributed by atoms with Crippen molar-refractivity contribution in [2.45, 2.75) is 5.92 Å². The number of benzene rings is 1. The summed E-state index contributed by atoms with van der Waals surface area (Å²) in [6.07, 6.45) is 1.59. The van der Waals surface area contributed by atoms with E-state index in [-0.39, 0.29) is 11.8 Å². The maximum absolute atomic E-state index is 11.8. The molecule has 0 bridgehead atoms. The predicted octanol–water partition coefficient (Wildman–Crippen LogP) is 1.91. The van der Waals surface area contributed by atoms with Crippen LogP contribution in [0, 0.1) is 0 Å². The van der Waals surface area contributed by atoms with Crippen LogP contribution in [0.2, 0.25) is 0 Å². The van der Waals surface area contributed by atoms with E-state index in [4.69, 9.17) is 4.42 Å². The van der Waals surface area contributed by atoms with Crippen molar-refractivity contribution < 1.29 is 9.21 Å². The van der Waals surface area contributed by atoms with Gasteiger partial charge in [-0.1, -0.05) is 18.2 Å². The minimum Gasteiger partial charge on any atom is -0.468 e. The third-order valence-corrected chi connectivity index (χ3v) is 2.88. The number of hydrogen-bond acceptors (Lipinski definition) is 3. The second-order valence-corrected chi connectivity index (χ2v) is 3.99. The lowest BCUT2D eigenvalue weighted by Gasteiger charge is -2.16. The summed E-state index contributed by atoms with van der Waals surface area (Å²) in [4.78, 5) is 11.8. The Bertz CT molecular complexity index is 507. The molecule has 1 amide bonds. The van der Waals surface area contributed by atoms with Crippen molar-refractivity contribution >= 4 is 11.6 Å². The molecule has 0 aliphatic carbocycles. The van der Waals surface area contributed by atoms with Crippen LogP contribution in [-0.4, -0.2) is 12.5 Å². The highest BCUT2D eigenvalue weighted by atomic mass is 16.3. The normalized spacial score (nSPS) is 19.4. The highest BCUT2D eigenvalue weighted by molar-refractivity contribution is 5.88. The number of anilines is 1. The Labute approximate surface area is 98.8 Å². The lowest BCUT2D eigenvalue weighted by Crippen LogP contribution is -2.32. The molecular formula is C13H12N2O2. The molecule has 4 nitrogen and oxygen atoms in total. The summed E-state index contributed by atoms with van der Waals surface area (Å²) in [5.74, 6) is 0.454. The molecule has 1 fully saturated rings. The molecular weight excluding hydrogens is 216 g/mol. The van der Waals surface area contributed by atoms with Crippen LogP contribution in [0.5, 0.6) is 0 Å². The number of para-hydroxylation sites is 1. The molecule has 1 saturated heterocycles. The predicted molar refractivity (Wildman–Crippen MR) is 63.4 cm³/mol. The molecule has 86 valence electrons. The highest BCUT2D eigenvalue weighted by Crippen LogP contribution is 2.25. The van der Waals surface area contributed by atoms with E-state index in [1.54, 1.807) is 12.3 Å². The van der Waals surface area contributed by atoms with E-state index in [0.29, 0.717) is 12.3 Å². The van der Waals surface area contributed by atoms with Gasteiger partial charge in [-0.25, -0.2) is 0 Å². The first-order chi connectivity index (χ1) is 8.34. The zero-order chi connectivity index (χ0) is 11.7. The van der Waals surface area contributed by atoms with Crippen molar-refractivity contribution in [3.63, 3.8) is 0 Å². The SMILES string of the molecule is O=C1NN(c2ccccc2)CC1c1ccco1. The molecule has 4 heteroatoms. The number of furan rings is 1. The molecule has 0 radical (unpaired) electrons. The molecule has 0 saturated carbocycles. The fourth-order valence-corrected chi connectivity index (χ4v) is 2.01. The molecule has 1 aromatic heterocycles. The Morgan fingerprint density at radius 3 is 2.71 bits per heavy atom. The number of nitrogens with one attached hydrogen (secondary N) is 1. The minimum atomic E-state index is -0.231. The highest BCUT2D eigenvalue weighted by Gasteiger charge is 2.33. The summed E-state index contributed by atoms with van der Waals surface area (Å²) < 4.78 is 5.28. The lowest BCUT2D eigenvalue weighted by atomic mass is 10.1. The van der Waals surface area contributed by atoms with Crippen LogP contribution in [-0.2, 0) is 4.79 Å². The van der Waals surface area contributed by atoms with E-state index < -0.39 is 0 Å². The maximum atomic E-state index is 11.8. The first kappa shape index (κ1) is 9.96. The quantitative estimate of drug-likeness (QED) is 0.854. The molecule has 2 aromatic rings. The minimum absolute atomic E-state index is 0.0243. The molecule has 0 spiro atoms. The van der Waals surface area contributed by atoms with Gasteiger partial charge >= 0.3 is 0 Å². The van der Waals surface area contributed by atoms with Crippen LogP contribution in [0.25, 0.3) is 0 Å². The van der Waals surface area contributed by atoms with Gasteiger partial charge in [0.1, 0.15) is 11.7 Å². The van der Waals surface area contributed by atoms with E-state index in [1.807, 2.05) is 41.4 Å². The van der Waals surface area contributed by atoms with E-state index in [0.717, 1.165) is 5.69 Å². The second-order valence-electron chi connectivity index (χ2n) is 3.99. The smallest absolute Gasteiger partial charge is 0.251 e. The molecule has 2 heterocycles. The van der Waals surface area contributed by atoms with Crippen LogP contribution >= 0.6 is 0 Å². The number of carbonyl (C=O) groups excluding carboxylic acids is 1. The number of hydrazine groups is 1. The molecule has 1 unspecified atom stereocenters. The van der Waals surface area contributed by atoms with E-state index in [1.165, 1.54) is 0 Å². The number of carbonyl (C=O) groups is 1. The largest absolute Gasteiger partial charge is 0.468 e. The Hall–Kier alpha value is -2.23. The van der Waals surface area contributed by atoms with Gasteiger partial charge in [0.05, 0.1) is 18.5 Å². The Morgan fingerprint density at radius 2 is 2.00 bits per heavy atom. The molecule has 3 rings (SSSR count). The van der Waals surface area contributed by atoms with Crippen LogP contribution in [0.3, 0.4) is 0 Å². The Morgan fingerprint density at radius 1 is 1.18 bits per heavy atom. The van der Waals surface area contributed by atoms with Gasteiger partial charge in [-0.2, -0.15) is 0 Å². The first-order valence-electron chi connectivity index (χ1n) is 5.51. The standard InChI is InChI=1S/C13H12N2O2/c16-13-11(12-7-4-8-17-12)9-15(14-13)10-5-2-1-3-6-10/h1-8,11H,9H2,(H,14,16). The third-order valence-electron chi connectivity index (χ3n) is 2.88. The molecule has 1 aliphatic heterocycles. The molecule has 1 aliphatic rings. The van der Waals surface area contributed by atoms with Gasteiger partial charge in [0.25, 0.3) is 5.91 Å². The monoisotopic (exact) mass is 228 g/mol. The van der Waals surface area contributed by atoms with Crippen molar-refractivity contribution in [2.24, 2.45) is 0 Å². The fourth-order valence-electron chi connectivity index (χ4n) is 2.01. The second kappa shape index (κ2) is 3.97. The van der Waals surface area contributed by atoms with E-state index in [2.05, 4.69) is 5.43 Å². The zero-order valence-electron chi connectivity index (χ0n) is 9.17. The average Bonchev–Trinajstić information content (AvgIpc) is 2.99. The average molecular weight is 228 g/mol. The van der Waals surface area contributed by atoms with Crippen LogP contribution in [0.1, 0.15) is 11.7 Å². The summed E-state index contributed by atoms with van der Waals surface area (Å²) in [5.41, 5.74) is 3.82. The molecule has 1 atom stereocenters. The number of hydrogen-bond donors (Lipinski definition) is 1. The summed E-state index contributed by atoms with van der Waals surface area (Å²) in [6.45, 7) is 0.594. The van der Waals surface area contributed by atoms with Crippen LogP contribution in [0.15, 0.2) is 53.1 Å². The van der Waals surface area contributed by atoms with Crippen molar-refractivity contribution in [3.8, 4) is 0 Å². The van der Waals surface area contributed by atoms with Gasteiger partial charge < -0.3 is 4.42 Å². The van der Waals surface area contributed by atoms with Crippen molar-refractivity contribution in [3.05, 3.63) is 54.5 Å². The topological polar surface area (TPSA) is 45.5 Å². The van der Waals surface area contributed by atoms with Crippen LogP contribution < -0.4 is 10.4 Å². The zero-order valence-corrected chi connectivity index (χ0v) is 9.17. The molecule has 17 heavy (non-hydrogen) atoms. The van der Waals surface area contributed by atoms with Gasteiger partial charge in [0.2, 0.25) is 0 Å². The van der Waals surface area contributed by atoms with Gasteiger partial charge in [-0.15, -0.1) is 0 Å². The summed E-state index contributed by atoms with van der Waals surface area (Å²) in [6, 6.07) is 13.4. The molecule has 1 aromatic carbocycles. The van der Waals surface area contributed by atoms with Gasteiger partial charge in [0.15, 0.2) is 0 Å². The molecule has 1 N–H and O–H groups in total. The number of nitrogens with zero attached hydrogens (tertiary/aromatic N) is 1. The van der Waals surface area contributed by atoms with Gasteiger partial charge in [-0.3, -0.25) is 15.2 Å². The van der Waals surface area contributed by atoms with Crippen molar-refractivity contribution in [1.29, 1.82) is 0 Å². The number of rotatable bonds is 2. The number of amides is 1. The third kappa shape index (κ3) is 1.78. The Kier molecular flexibility index (Phi) is 2.33. The summed E-state index contributed by atoms with van der Waals surface area (Å²) in [7, 11) is 0. The lowest BCUT2D eigenvalue weighted by molar-refractivity contribution is -0.120. The summed E-state index contributed by atoms with van der Waals surface area (Å²) in [5, 5.41) is 1.84. The van der Waals surface area contributed by atoms with Gasteiger partial charge in [-0.05, 0) is 24.3 Å². The van der Waals surface area contributed by atoms with Crippen molar-refractivity contribution in [2.75, 3.05) is 11.6 Å². The van der Waals surface area contributed by atoms with Crippen LogP contribution in [0.4, 0.5) is 5.69 Å².